The fourth-order valence-corrected chi connectivity index (χ4v) is 4.32. The second-order valence-electron chi connectivity index (χ2n) is 2.48. The Morgan fingerprint density at radius 2 is 1.38 bits per heavy atom. The Hall–Kier alpha value is 0.624. The Morgan fingerprint density at radius 1 is 1.08 bits per heavy atom. The van der Waals surface area contributed by atoms with Crippen LogP contribution >= 0.6 is 8.03 Å². The van der Waals surface area contributed by atoms with Crippen LogP contribution in [-0.4, -0.2) is 60.9 Å². The Kier molecular flexibility index (Phi) is 3.28. The molecule has 0 aliphatic heterocycles. The van der Waals surface area contributed by atoms with Gasteiger partial charge in [0.1, 0.15) is 10.2 Å². The van der Waals surface area contributed by atoms with Gasteiger partial charge in [-0.3, -0.25) is 0 Å². The Bertz CT molecular complexity index is 323. The summed E-state index contributed by atoms with van der Waals surface area (Å²) in [6, 6.07) is 0. The van der Waals surface area contributed by atoms with E-state index in [1.807, 2.05) is 0 Å². The van der Waals surface area contributed by atoms with E-state index in [-0.39, 0.29) is 0 Å². The summed E-state index contributed by atoms with van der Waals surface area (Å²) in [5, 5.41) is 2.54. The molecule has 13 heavy (non-hydrogen) atoms. The van der Waals surface area contributed by atoms with Crippen LogP contribution in [0.15, 0.2) is 20.8 Å². The summed E-state index contributed by atoms with van der Waals surface area (Å²) < 4.78 is 10.1. The Balaban J connectivity index is 3.39. The largest absolute Gasteiger partial charge is 0.514 e. The van der Waals surface area contributed by atoms with Crippen molar-refractivity contribution in [2.75, 3.05) is 0 Å². The van der Waals surface area contributed by atoms with Gasteiger partial charge in [-0.15, -0.1) is 0 Å². The first-order valence-corrected chi connectivity index (χ1v) is 6.82. The Morgan fingerprint density at radius 3 is 1.54 bits per heavy atom. The van der Waals surface area contributed by atoms with Gasteiger partial charge in [-0.1, -0.05) is 10.4 Å². The molecule has 1 aliphatic rings. The van der Waals surface area contributed by atoms with Crippen molar-refractivity contribution in [2.24, 2.45) is 0 Å². The maximum Gasteiger partial charge on any atom is 0.514 e. The van der Waals surface area contributed by atoms with E-state index in [0.717, 1.165) is 0 Å². The number of allylic oxidation sites excluding steroid dienone is 4. The maximum atomic E-state index is 11.2. The second kappa shape index (κ2) is 3.65. The molecule has 8 heteroatoms. The van der Waals surface area contributed by atoms with Gasteiger partial charge in [-0.25, -0.2) is 0 Å². The van der Waals surface area contributed by atoms with Gasteiger partial charge < -0.3 is 0 Å². The van der Waals surface area contributed by atoms with Crippen LogP contribution in [0.1, 0.15) is 0 Å². The van der Waals surface area contributed by atoms with Gasteiger partial charge in [0.2, 0.25) is 4.78 Å². The van der Waals surface area contributed by atoms with Crippen molar-refractivity contribution in [3.63, 3.8) is 0 Å². The minimum Gasteiger partial charge on any atom is -0.160 e. The summed E-state index contributed by atoms with van der Waals surface area (Å²) in [6.07, 6.45) is 0. The lowest BCUT2D eigenvalue weighted by molar-refractivity contribution is 0.496. The van der Waals surface area contributed by atoms with E-state index in [0.29, 0.717) is 20.8 Å². The summed E-state index contributed by atoms with van der Waals surface area (Å²) in [7, 11) is 14.1. The highest BCUT2D eigenvalue weighted by atomic mass is 31.1. The van der Waals surface area contributed by atoms with E-state index in [9.17, 15) is 9.46 Å². The minimum atomic E-state index is -2.43. The molecular weight excluding hydrogens is 263 g/mol. The van der Waals surface area contributed by atoms with E-state index < -0.39 is 12.8 Å². The van der Waals surface area contributed by atoms with E-state index >= 15 is 0 Å². The van der Waals surface area contributed by atoms with Gasteiger partial charge in [-0.2, -0.15) is 4.89 Å². The number of hydrogen-bond donors (Lipinski definition) is 1. The third-order valence-corrected chi connectivity index (χ3v) is 7.78. The molecule has 0 fully saturated rings. The van der Waals surface area contributed by atoms with Crippen LogP contribution in [-0.2, 0) is 4.57 Å². The molecule has 0 aromatic carbocycles. The zero-order chi connectivity index (χ0) is 10.4. The third kappa shape index (κ3) is 1.52. The standard InChI is InChI=1S/C5O2PSi5/c6-8(7)5(13)3(11)1(9)2(10)4(5)12/p+1. The van der Waals surface area contributed by atoms with Crippen molar-refractivity contribution in [1.82, 2.24) is 0 Å². The summed E-state index contributed by atoms with van der Waals surface area (Å²) in [6.45, 7) is 0. The molecule has 0 bridgehead atoms. The van der Waals surface area contributed by atoms with E-state index in [1.165, 1.54) is 0 Å². The fourth-order valence-electron chi connectivity index (χ4n) is 0.928. The third-order valence-electron chi connectivity index (χ3n) is 1.76. The molecule has 0 heterocycles. The van der Waals surface area contributed by atoms with Crippen LogP contribution in [0.2, 0.25) is 0 Å². The predicted octanol–water partition coefficient (Wildman–Crippen LogP) is -1.30. The average molecular weight is 264 g/mol. The first kappa shape index (κ1) is 11.7. The molecule has 1 aliphatic carbocycles. The normalized spacial score (nSPS) is 22.8. The topological polar surface area (TPSA) is 37.3 Å². The highest BCUT2D eigenvalue weighted by molar-refractivity contribution is 7.44. The van der Waals surface area contributed by atoms with Crippen molar-refractivity contribution < 1.29 is 9.46 Å². The number of rotatable bonds is 1. The van der Waals surface area contributed by atoms with Crippen molar-refractivity contribution in [3.05, 3.63) is 20.8 Å². The lowest BCUT2D eigenvalue weighted by Gasteiger charge is -2.13. The monoisotopic (exact) mass is 264 g/mol. The molecule has 57 valence electrons. The summed E-state index contributed by atoms with van der Waals surface area (Å²) >= 11 is 0. The summed E-state index contributed by atoms with van der Waals surface area (Å²) in [4.78, 5) is 9.17. The van der Waals surface area contributed by atoms with Crippen LogP contribution in [0.25, 0.3) is 0 Å². The fraction of sp³-hybridized carbons (Fsp3) is 0.200. The summed E-state index contributed by atoms with van der Waals surface area (Å²) in [5.74, 6) is 0. The van der Waals surface area contributed by atoms with Crippen LogP contribution < -0.4 is 0 Å². The maximum absolute atomic E-state index is 11.2. The molecule has 0 saturated carbocycles. The average Bonchev–Trinajstić information content (AvgIpc) is 2.22. The van der Waals surface area contributed by atoms with Crippen LogP contribution in [0.5, 0.6) is 0 Å². The van der Waals surface area contributed by atoms with Gasteiger partial charge in [0.05, 0.1) is 41.0 Å². The SMILES string of the molecule is O=[P+](O)C1([Si])C([Si])=C([Si])C([Si])=C1[Si]. The van der Waals surface area contributed by atoms with E-state index in [2.05, 4.69) is 51.2 Å². The number of hydrogen-bond acceptors (Lipinski definition) is 1. The van der Waals surface area contributed by atoms with Crippen molar-refractivity contribution in [1.29, 1.82) is 0 Å². The zero-order valence-electron chi connectivity index (χ0n) is 6.30. The second-order valence-corrected chi connectivity index (χ2v) is 6.87. The van der Waals surface area contributed by atoms with E-state index in [1.54, 1.807) is 0 Å². The van der Waals surface area contributed by atoms with Crippen LogP contribution in [0, 0.1) is 0 Å². The zero-order valence-corrected chi connectivity index (χ0v) is 12.2. The highest BCUT2D eigenvalue weighted by Gasteiger charge is 2.51. The summed E-state index contributed by atoms with van der Waals surface area (Å²) in [5.41, 5.74) is 0. The lowest BCUT2D eigenvalue weighted by atomic mass is 10.4. The Labute approximate surface area is 94.3 Å². The smallest absolute Gasteiger partial charge is 0.160 e. The van der Waals surface area contributed by atoms with E-state index in [4.69, 9.17) is 0 Å². The molecule has 2 nitrogen and oxygen atoms in total. The van der Waals surface area contributed by atoms with Crippen molar-refractivity contribution >= 4 is 59.2 Å². The molecule has 1 unspecified atom stereocenters. The van der Waals surface area contributed by atoms with Crippen molar-refractivity contribution in [2.45, 2.75) is 4.78 Å². The molecule has 0 aromatic heterocycles. The molecule has 0 spiro atoms. The minimum absolute atomic E-state index is 0.569. The van der Waals surface area contributed by atoms with Gasteiger partial charge in [0.15, 0.2) is 0 Å². The molecule has 0 amide bonds. The molecule has 0 aromatic rings. The van der Waals surface area contributed by atoms with Gasteiger partial charge in [0, 0.05) is 0 Å². The highest BCUT2D eigenvalue weighted by Crippen LogP contribution is 2.48. The molecule has 1 rings (SSSR count). The molecule has 15 radical (unpaired) electrons. The predicted molar refractivity (Wildman–Crippen MR) is 55.4 cm³/mol. The molecule has 1 atom stereocenters. The van der Waals surface area contributed by atoms with Crippen LogP contribution in [0.3, 0.4) is 0 Å². The van der Waals surface area contributed by atoms with Gasteiger partial charge >= 0.3 is 8.03 Å². The van der Waals surface area contributed by atoms with Gasteiger partial charge in [0.25, 0.3) is 0 Å². The first-order valence-electron chi connectivity index (χ1n) is 3.11. The van der Waals surface area contributed by atoms with Gasteiger partial charge in [-0.05, 0) is 15.0 Å². The first-order chi connectivity index (χ1) is 5.83. The van der Waals surface area contributed by atoms with Crippen molar-refractivity contribution in [3.8, 4) is 0 Å². The molecular formula is C5HO2PSi5+. The quantitative estimate of drug-likeness (QED) is 0.472. The van der Waals surface area contributed by atoms with Crippen LogP contribution in [0.4, 0.5) is 0 Å². The lowest BCUT2D eigenvalue weighted by Crippen LogP contribution is -2.29. The molecule has 1 N–H and O–H groups in total. The molecule has 0 saturated heterocycles.